The van der Waals surface area contributed by atoms with Gasteiger partial charge in [0.05, 0.1) is 11.5 Å². The van der Waals surface area contributed by atoms with Crippen molar-refractivity contribution in [3.8, 4) is 6.07 Å². The van der Waals surface area contributed by atoms with E-state index in [1.165, 1.54) is 22.5 Å². The van der Waals surface area contributed by atoms with Gasteiger partial charge in [-0.1, -0.05) is 13.8 Å². The van der Waals surface area contributed by atoms with Crippen molar-refractivity contribution >= 4 is 0 Å². The molecule has 1 N–H and O–H groups in total. The van der Waals surface area contributed by atoms with Gasteiger partial charge < -0.3 is 9.67 Å². The van der Waals surface area contributed by atoms with Crippen molar-refractivity contribution in [2.24, 2.45) is 0 Å². The Hall–Kier alpha value is -1.27. The fourth-order valence-electron chi connectivity index (χ4n) is 4.11. The molecular weight excluding hydrogens is 236 g/mol. The first-order valence-corrected chi connectivity index (χ1v) is 7.01. The largest absolute Gasteiger partial charge is 0.396 e. The molecule has 0 saturated heterocycles. The molecule has 2 rings (SSSR count). The zero-order valence-electron chi connectivity index (χ0n) is 12.7. The molecular formula is C16H24N2O. The second-order valence-corrected chi connectivity index (χ2v) is 6.65. The summed E-state index contributed by atoms with van der Waals surface area (Å²) in [4.78, 5) is 0. The van der Waals surface area contributed by atoms with E-state index in [4.69, 9.17) is 5.11 Å². The molecule has 1 aromatic rings. The van der Waals surface area contributed by atoms with Gasteiger partial charge in [-0.25, -0.2) is 0 Å². The van der Waals surface area contributed by atoms with E-state index in [9.17, 15) is 5.26 Å². The molecule has 1 aromatic heterocycles. The molecule has 0 radical (unpaired) electrons. The van der Waals surface area contributed by atoms with Crippen LogP contribution >= 0.6 is 0 Å². The van der Waals surface area contributed by atoms with E-state index in [0.29, 0.717) is 0 Å². The number of aromatic nitrogens is 1. The Morgan fingerprint density at radius 3 is 2.32 bits per heavy atom. The first kappa shape index (κ1) is 14.1. The highest BCUT2D eigenvalue weighted by molar-refractivity contribution is 5.54. The van der Waals surface area contributed by atoms with Crippen LogP contribution in [0.25, 0.3) is 0 Å². The highest BCUT2D eigenvalue weighted by Crippen LogP contribution is 2.52. The molecule has 0 aromatic carbocycles. The Bertz CT molecular complexity index is 548. The second kappa shape index (κ2) is 4.38. The molecule has 0 spiro atoms. The second-order valence-electron chi connectivity index (χ2n) is 6.65. The van der Waals surface area contributed by atoms with Crippen LogP contribution in [0.5, 0.6) is 0 Å². The average Bonchev–Trinajstić information content (AvgIpc) is 2.71. The normalized spacial score (nSPS) is 24.3. The van der Waals surface area contributed by atoms with Crippen molar-refractivity contribution in [3.05, 3.63) is 22.5 Å². The summed E-state index contributed by atoms with van der Waals surface area (Å²) in [5.74, 6) is 0. The lowest BCUT2D eigenvalue weighted by molar-refractivity contribution is 0.278. The van der Waals surface area contributed by atoms with Crippen molar-refractivity contribution in [3.63, 3.8) is 0 Å². The molecule has 1 aliphatic carbocycles. The average molecular weight is 260 g/mol. The molecule has 3 heteroatoms. The fourth-order valence-corrected chi connectivity index (χ4v) is 4.11. The van der Waals surface area contributed by atoms with Crippen molar-refractivity contribution in [2.75, 3.05) is 6.61 Å². The summed E-state index contributed by atoms with van der Waals surface area (Å²) < 4.78 is 2.28. The summed E-state index contributed by atoms with van der Waals surface area (Å²) in [6.45, 7) is 11.8. The third-order valence-corrected chi connectivity index (χ3v) is 4.59. The molecule has 1 atom stereocenters. The first-order valence-electron chi connectivity index (χ1n) is 7.01. The van der Waals surface area contributed by atoms with Crippen LogP contribution in [0, 0.1) is 25.2 Å². The van der Waals surface area contributed by atoms with E-state index in [1.54, 1.807) is 0 Å². The zero-order valence-corrected chi connectivity index (χ0v) is 12.7. The van der Waals surface area contributed by atoms with E-state index in [0.717, 1.165) is 19.4 Å². The van der Waals surface area contributed by atoms with Crippen LogP contribution in [0.1, 0.15) is 56.1 Å². The van der Waals surface area contributed by atoms with E-state index in [-0.39, 0.29) is 17.4 Å². The molecule has 19 heavy (non-hydrogen) atoms. The molecule has 0 fully saturated rings. The van der Waals surface area contributed by atoms with E-state index >= 15 is 0 Å². The smallest absolute Gasteiger partial charge is 0.0822 e. The van der Waals surface area contributed by atoms with Crippen molar-refractivity contribution in [1.29, 1.82) is 5.26 Å². The third-order valence-electron chi connectivity index (χ3n) is 4.59. The molecule has 0 aliphatic heterocycles. The summed E-state index contributed by atoms with van der Waals surface area (Å²) in [7, 11) is 0. The summed E-state index contributed by atoms with van der Waals surface area (Å²) in [5.41, 5.74) is 4.74. The number of aliphatic hydroxyl groups is 1. The Kier molecular flexibility index (Phi) is 3.26. The standard InChI is InChI=1S/C16H24N2O/c1-11-13-14(12(2)18(11)7-6-8-19)16(5,10-17)9-15(13,3)4/h19H,6-9H2,1-5H3. The highest BCUT2D eigenvalue weighted by Gasteiger charge is 2.48. The number of hydrogen-bond donors (Lipinski definition) is 1. The van der Waals surface area contributed by atoms with Crippen molar-refractivity contribution < 1.29 is 5.11 Å². The monoisotopic (exact) mass is 260 g/mol. The summed E-state index contributed by atoms with van der Waals surface area (Å²) in [6, 6.07) is 2.53. The van der Waals surface area contributed by atoms with E-state index < -0.39 is 0 Å². The van der Waals surface area contributed by atoms with E-state index in [1.807, 2.05) is 0 Å². The lowest BCUT2D eigenvalue weighted by atomic mass is 9.80. The maximum absolute atomic E-state index is 9.61. The molecule has 104 valence electrons. The minimum atomic E-state index is -0.377. The minimum Gasteiger partial charge on any atom is -0.396 e. The molecule has 0 bridgehead atoms. The van der Waals surface area contributed by atoms with Crippen LogP contribution in [0.2, 0.25) is 0 Å². The van der Waals surface area contributed by atoms with Gasteiger partial charge in [0, 0.05) is 24.5 Å². The van der Waals surface area contributed by atoms with Crippen LogP contribution in [0.15, 0.2) is 0 Å². The van der Waals surface area contributed by atoms with Crippen LogP contribution in [-0.2, 0) is 17.4 Å². The lowest BCUT2D eigenvalue weighted by Gasteiger charge is -2.24. The van der Waals surface area contributed by atoms with Crippen LogP contribution in [0.3, 0.4) is 0 Å². The number of hydrogen-bond acceptors (Lipinski definition) is 2. The number of aliphatic hydroxyl groups excluding tert-OH is 1. The summed E-state index contributed by atoms with van der Waals surface area (Å²) in [5, 5.41) is 18.6. The summed E-state index contributed by atoms with van der Waals surface area (Å²) in [6.07, 6.45) is 1.66. The topological polar surface area (TPSA) is 49.0 Å². The number of nitrogens with zero attached hydrogens (tertiary/aromatic N) is 2. The Morgan fingerprint density at radius 2 is 1.79 bits per heavy atom. The molecule has 1 heterocycles. The predicted molar refractivity (Wildman–Crippen MR) is 76.2 cm³/mol. The van der Waals surface area contributed by atoms with Gasteiger partial charge in [-0.05, 0) is 50.2 Å². The van der Waals surface area contributed by atoms with Gasteiger partial charge in [-0.15, -0.1) is 0 Å². The van der Waals surface area contributed by atoms with Gasteiger partial charge in [0.25, 0.3) is 0 Å². The summed E-state index contributed by atoms with van der Waals surface area (Å²) >= 11 is 0. The number of rotatable bonds is 3. The molecule has 1 unspecified atom stereocenters. The van der Waals surface area contributed by atoms with Gasteiger partial charge in [-0.3, -0.25) is 0 Å². The maximum atomic E-state index is 9.61. The minimum absolute atomic E-state index is 0.0547. The number of fused-ring (bicyclic) bond motifs is 1. The number of nitriles is 1. The Balaban J connectivity index is 2.64. The van der Waals surface area contributed by atoms with Gasteiger partial charge in [-0.2, -0.15) is 5.26 Å². The van der Waals surface area contributed by atoms with Crippen molar-refractivity contribution in [2.45, 2.75) is 64.8 Å². The SMILES string of the molecule is Cc1c2c(c(C)n1CCCO)C(C)(C#N)CC2(C)C. The van der Waals surface area contributed by atoms with Crippen molar-refractivity contribution in [1.82, 2.24) is 4.57 Å². The first-order chi connectivity index (χ1) is 8.78. The van der Waals surface area contributed by atoms with Crippen LogP contribution in [0.4, 0.5) is 0 Å². The zero-order chi connectivity index (χ0) is 14.4. The quantitative estimate of drug-likeness (QED) is 0.908. The maximum Gasteiger partial charge on any atom is 0.0822 e. The van der Waals surface area contributed by atoms with Gasteiger partial charge in [0.2, 0.25) is 0 Å². The van der Waals surface area contributed by atoms with E-state index in [2.05, 4.69) is 45.3 Å². The van der Waals surface area contributed by atoms with Crippen LogP contribution < -0.4 is 0 Å². The third kappa shape index (κ3) is 1.90. The predicted octanol–water partition coefficient (Wildman–Crippen LogP) is 2.95. The van der Waals surface area contributed by atoms with Gasteiger partial charge in [0.15, 0.2) is 0 Å². The lowest BCUT2D eigenvalue weighted by Crippen LogP contribution is -2.23. The molecule has 0 saturated carbocycles. The molecule has 0 amide bonds. The highest BCUT2D eigenvalue weighted by atomic mass is 16.3. The van der Waals surface area contributed by atoms with Gasteiger partial charge >= 0.3 is 0 Å². The molecule has 3 nitrogen and oxygen atoms in total. The van der Waals surface area contributed by atoms with Gasteiger partial charge in [0.1, 0.15) is 0 Å². The molecule has 1 aliphatic rings. The fraction of sp³-hybridized carbons (Fsp3) is 0.688. The Morgan fingerprint density at radius 1 is 1.21 bits per heavy atom. The van der Waals surface area contributed by atoms with Crippen LogP contribution in [-0.4, -0.2) is 16.3 Å². The Labute approximate surface area is 115 Å².